The SMILES string of the molecule is Cc1ccc(N(c2ccc(-c3ccc4c(c3)C(C)(C)c3cc(C)ccc3-4)cc2)c2ccc(-c3ccc4c(c3)c3ccccc3n4-c3ccc4oc5ccccc5c4c3)cc2)cc1. The molecule has 0 aliphatic heterocycles. The predicted octanol–water partition coefficient (Wildman–Crippen LogP) is 16.4. The van der Waals surface area contributed by atoms with Crippen LogP contribution in [-0.4, -0.2) is 4.57 Å². The lowest BCUT2D eigenvalue weighted by molar-refractivity contribution is 0.660. The third-order valence-electron chi connectivity index (χ3n) is 13.3. The number of hydrogen-bond acceptors (Lipinski definition) is 2. The molecular weight excluding hydrogens is 753 g/mol. The molecule has 0 amide bonds. The molecule has 0 N–H and O–H groups in total. The van der Waals surface area contributed by atoms with Gasteiger partial charge in [0.1, 0.15) is 11.2 Å². The Morgan fingerprint density at radius 2 is 0.935 bits per heavy atom. The second kappa shape index (κ2) is 13.7. The molecule has 0 saturated heterocycles. The first-order valence-electron chi connectivity index (χ1n) is 21.6. The average molecular weight is 797 g/mol. The van der Waals surface area contributed by atoms with Crippen molar-refractivity contribution in [2.24, 2.45) is 0 Å². The van der Waals surface area contributed by atoms with Gasteiger partial charge in [-0.15, -0.1) is 0 Å². The number of nitrogens with zero attached hydrogens (tertiary/aromatic N) is 2. The van der Waals surface area contributed by atoms with Crippen molar-refractivity contribution in [1.82, 2.24) is 4.57 Å². The number of benzene rings is 9. The van der Waals surface area contributed by atoms with Gasteiger partial charge in [-0.05, 0) is 143 Å². The molecule has 62 heavy (non-hydrogen) atoms. The van der Waals surface area contributed by atoms with E-state index in [1.165, 1.54) is 77.4 Å². The van der Waals surface area contributed by atoms with Crippen LogP contribution >= 0.6 is 0 Å². The van der Waals surface area contributed by atoms with Crippen molar-refractivity contribution in [3.63, 3.8) is 0 Å². The van der Waals surface area contributed by atoms with Crippen molar-refractivity contribution in [3.8, 4) is 39.1 Å². The first-order valence-corrected chi connectivity index (χ1v) is 21.6. The zero-order valence-electron chi connectivity index (χ0n) is 35.3. The highest BCUT2D eigenvalue weighted by Gasteiger charge is 2.35. The Hall–Kier alpha value is -7.62. The maximum absolute atomic E-state index is 6.18. The minimum Gasteiger partial charge on any atom is -0.456 e. The molecule has 0 atom stereocenters. The molecule has 11 aromatic rings. The zero-order valence-corrected chi connectivity index (χ0v) is 35.3. The predicted molar refractivity (Wildman–Crippen MR) is 261 cm³/mol. The molecule has 296 valence electrons. The van der Waals surface area contributed by atoms with E-state index in [1.807, 2.05) is 12.1 Å². The van der Waals surface area contributed by atoms with Crippen LogP contribution in [0.3, 0.4) is 0 Å². The molecule has 0 bridgehead atoms. The maximum Gasteiger partial charge on any atom is 0.135 e. The van der Waals surface area contributed by atoms with E-state index in [2.05, 4.69) is 219 Å². The van der Waals surface area contributed by atoms with E-state index in [-0.39, 0.29) is 5.41 Å². The minimum absolute atomic E-state index is 0.0436. The third-order valence-corrected chi connectivity index (χ3v) is 13.3. The smallest absolute Gasteiger partial charge is 0.135 e. The standard InChI is InChI=1S/C59H44N2O/c1-37-13-22-43(23-14-37)60(45-26-18-40(19-27-45)42-20-30-48-47-29-15-38(2)33-53(47)59(3,4)54(48)35-42)44-24-16-39(17-25-44)41-21-31-56-51(34-41)49-9-5-7-11-55(49)61(56)46-28-32-58-52(36-46)50-10-6-8-12-57(50)62-58/h5-36H,1-4H3. The van der Waals surface area contributed by atoms with Gasteiger partial charge in [-0.2, -0.15) is 0 Å². The number of anilines is 3. The fraction of sp³-hybridized carbons (Fsp3) is 0.0847. The Morgan fingerprint density at radius 3 is 1.66 bits per heavy atom. The van der Waals surface area contributed by atoms with Crippen molar-refractivity contribution < 1.29 is 4.42 Å². The molecule has 0 spiro atoms. The second-order valence-electron chi connectivity index (χ2n) is 17.6. The number of aryl methyl sites for hydroxylation is 2. The van der Waals surface area contributed by atoms with Gasteiger partial charge in [-0.3, -0.25) is 0 Å². The summed E-state index contributed by atoms with van der Waals surface area (Å²) in [7, 11) is 0. The summed E-state index contributed by atoms with van der Waals surface area (Å²) in [5.74, 6) is 0. The molecule has 9 aromatic carbocycles. The van der Waals surface area contributed by atoms with Gasteiger partial charge in [0.25, 0.3) is 0 Å². The lowest BCUT2D eigenvalue weighted by Gasteiger charge is -2.26. The lowest BCUT2D eigenvalue weighted by atomic mass is 9.81. The normalized spacial score (nSPS) is 13.0. The molecule has 0 radical (unpaired) electrons. The van der Waals surface area contributed by atoms with Crippen LogP contribution < -0.4 is 4.90 Å². The number of hydrogen-bond donors (Lipinski definition) is 0. The maximum atomic E-state index is 6.18. The Morgan fingerprint density at radius 1 is 0.403 bits per heavy atom. The molecule has 0 unspecified atom stereocenters. The Kier molecular flexibility index (Phi) is 8.01. The molecule has 3 heteroatoms. The van der Waals surface area contributed by atoms with Gasteiger partial charge in [-0.1, -0.05) is 134 Å². The molecule has 1 aliphatic rings. The summed E-state index contributed by atoms with van der Waals surface area (Å²) in [6.07, 6.45) is 0. The number of para-hydroxylation sites is 2. The van der Waals surface area contributed by atoms with Crippen LogP contribution in [0.15, 0.2) is 199 Å². The molecule has 3 nitrogen and oxygen atoms in total. The molecule has 2 aromatic heterocycles. The topological polar surface area (TPSA) is 21.3 Å². The van der Waals surface area contributed by atoms with E-state index >= 15 is 0 Å². The fourth-order valence-electron chi connectivity index (χ4n) is 10.1. The van der Waals surface area contributed by atoms with E-state index in [0.717, 1.165) is 44.7 Å². The van der Waals surface area contributed by atoms with E-state index in [9.17, 15) is 0 Å². The van der Waals surface area contributed by atoms with Crippen LogP contribution in [0.2, 0.25) is 0 Å². The average Bonchev–Trinajstić information content (AvgIpc) is 3.92. The van der Waals surface area contributed by atoms with Crippen LogP contribution in [0.5, 0.6) is 0 Å². The van der Waals surface area contributed by atoms with Gasteiger partial charge in [0.2, 0.25) is 0 Å². The number of rotatable bonds is 6. The van der Waals surface area contributed by atoms with Gasteiger partial charge >= 0.3 is 0 Å². The van der Waals surface area contributed by atoms with Gasteiger partial charge in [0.15, 0.2) is 0 Å². The number of fused-ring (bicyclic) bond motifs is 9. The highest BCUT2D eigenvalue weighted by molar-refractivity contribution is 6.11. The second-order valence-corrected chi connectivity index (χ2v) is 17.6. The van der Waals surface area contributed by atoms with Crippen molar-refractivity contribution in [1.29, 1.82) is 0 Å². The van der Waals surface area contributed by atoms with Gasteiger partial charge in [0.05, 0.1) is 11.0 Å². The van der Waals surface area contributed by atoms with Crippen molar-refractivity contribution >= 4 is 60.8 Å². The first-order chi connectivity index (χ1) is 30.3. The van der Waals surface area contributed by atoms with Gasteiger partial charge < -0.3 is 13.9 Å². The van der Waals surface area contributed by atoms with E-state index in [0.29, 0.717) is 0 Å². The van der Waals surface area contributed by atoms with Crippen LogP contribution in [-0.2, 0) is 5.41 Å². The Labute approximate surface area is 361 Å². The van der Waals surface area contributed by atoms with E-state index < -0.39 is 0 Å². The molecule has 0 saturated carbocycles. The van der Waals surface area contributed by atoms with Crippen LogP contribution in [0.4, 0.5) is 17.1 Å². The largest absolute Gasteiger partial charge is 0.456 e. The van der Waals surface area contributed by atoms with Gasteiger partial charge in [-0.25, -0.2) is 0 Å². The zero-order chi connectivity index (χ0) is 41.7. The lowest BCUT2D eigenvalue weighted by Crippen LogP contribution is -2.15. The summed E-state index contributed by atoms with van der Waals surface area (Å²) in [5.41, 5.74) is 21.5. The molecule has 0 fully saturated rings. The Bertz CT molecular complexity index is 3550. The molecule has 2 heterocycles. The minimum atomic E-state index is -0.0436. The van der Waals surface area contributed by atoms with Crippen molar-refractivity contribution in [2.75, 3.05) is 4.90 Å². The van der Waals surface area contributed by atoms with E-state index in [4.69, 9.17) is 4.42 Å². The molecule has 12 rings (SSSR count). The monoisotopic (exact) mass is 796 g/mol. The number of aromatic nitrogens is 1. The van der Waals surface area contributed by atoms with Crippen LogP contribution in [0.25, 0.3) is 82.8 Å². The first kappa shape index (κ1) is 36.2. The third kappa shape index (κ3) is 5.65. The fourth-order valence-corrected chi connectivity index (χ4v) is 10.1. The highest BCUT2D eigenvalue weighted by Crippen LogP contribution is 2.50. The van der Waals surface area contributed by atoms with Crippen LogP contribution in [0.1, 0.15) is 36.1 Å². The summed E-state index contributed by atoms with van der Waals surface area (Å²) in [6.45, 7) is 9.05. The summed E-state index contributed by atoms with van der Waals surface area (Å²) in [5, 5.41) is 4.72. The highest BCUT2D eigenvalue weighted by atomic mass is 16.3. The summed E-state index contributed by atoms with van der Waals surface area (Å²) < 4.78 is 8.56. The molecule has 1 aliphatic carbocycles. The van der Waals surface area contributed by atoms with Crippen molar-refractivity contribution in [3.05, 3.63) is 216 Å². The summed E-state index contributed by atoms with van der Waals surface area (Å²) >= 11 is 0. The Balaban J connectivity index is 0.890. The van der Waals surface area contributed by atoms with Crippen LogP contribution in [0, 0.1) is 13.8 Å². The van der Waals surface area contributed by atoms with E-state index in [1.54, 1.807) is 0 Å². The number of furan rings is 1. The van der Waals surface area contributed by atoms with Gasteiger partial charge in [0, 0.05) is 49.7 Å². The van der Waals surface area contributed by atoms with Crippen molar-refractivity contribution in [2.45, 2.75) is 33.1 Å². The quantitative estimate of drug-likeness (QED) is 0.167. The molecular formula is C59H44N2O. The summed E-state index contributed by atoms with van der Waals surface area (Å²) in [4.78, 5) is 2.36. The summed E-state index contributed by atoms with van der Waals surface area (Å²) in [6, 6.07) is 71.2.